The summed E-state index contributed by atoms with van der Waals surface area (Å²) in [6.07, 6.45) is -0.122. The van der Waals surface area contributed by atoms with Crippen molar-refractivity contribution in [3.05, 3.63) is 23.8 Å². The van der Waals surface area contributed by atoms with E-state index in [0.717, 1.165) is 0 Å². The Morgan fingerprint density at radius 1 is 1.19 bits per heavy atom. The Labute approximate surface area is 94.2 Å². The molecule has 86 valence electrons. The summed E-state index contributed by atoms with van der Waals surface area (Å²) in [7, 11) is 2.99. The number of Topliss-reactive ketones (excluding diaryl/α,β-unsaturated/α-hetero) is 2. The number of ketones is 2. The number of hydrogen-bond acceptors (Lipinski definition) is 4. The number of methoxy groups -OCH3 is 2. The molecule has 4 heteroatoms. The van der Waals surface area contributed by atoms with Gasteiger partial charge in [0.2, 0.25) is 0 Å². The standard InChI is InChI=1S/C12H14O4/c1-8(13)6-11(14)10-7-9(15-2)4-5-12(10)16-3/h4-5,7H,6H2,1-3H3. The first-order chi connectivity index (χ1) is 7.58. The molecule has 0 fully saturated rings. The fraction of sp³-hybridized carbons (Fsp3) is 0.333. The summed E-state index contributed by atoms with van der Waals surface area (Å²) in [5, 5.41) is 0. The van der Waals surface area contributed by atoms with Crippen LogP contribution < -0.4 is 9.47 Å². The number of hydrogen-bond donors (Lipinski definition) is 0. The molecule has 16 heavy (non-hydrogen) atoms. The number of ether oxygens (including phenoxy) is 2. The third kappa shape index (κ3) is 2.82. The molecule has 1 rings (SSSR count). The molecule has 0 aromatic heterocycles. The molecule has 1 aromatic rings. The average molecular weight is 222 g/mol. The van der Waals surface area contributed by atoms with Gasteiger partial charge in [-0.15, -0.1) is 0 Å². The van der Waals surface area contributed by atoms with Crippen LogP contribution in [0.25, 0.3) is 0 Å². The Hall–Kier alpha value is -1.84. The van der Waals surface area contributed by atoms with Crippen LogP contribution >= 0.6 is 0 Å². The molecule has 0 spiro atoms. The van der Waals surface area contributed by atoms with E-state index in [2.05, 4.69) is 0 Å². The van der Waals surface area contributed by atoms with E-state index < -0.39 is 0 Å². The van der Waals surface area contributed by atoms with Crippen molar-refractivity contribution in [3.8, 4) is 11.5 Å². The zero-order valence-corrected chi connectivity index (χ0v) is 9.57. The van der Waals surface area contributed by atoms with Crippen molar-refractivity contribution in [1.29, 1.82) is 0 Å². The second-order valence-corrected chi connectivity index (χ2v) is 3.37. The smallest absolute Gasteiger partial charge is 0.174 e. The lowest BCUT2D eigenvalue weighted by Crippen LogP contribution is -2.07. The van der Waals surface area contributed by atoms with E-state index in [4.69, 9.17) is 9.47 Å². The van der Waals surface area contributed by atoms with E-state index in [1.54, 1.807) is 18.2 Å². The van der Waals surface area contributed by atoms with E-state index in [0.29, 0.717) is 17.1 Å². The van der Waals surface area contributed by atoms with Crippen LogP contribution in [0.3, 0.4) is 0 Å². The van der Waals surface area contributed by atoms with Gasteiger partial charge in [0.15, 0.2) is 5.78 Å². The zero-order valence-electron chi connectivity index (χ0n) is 9.57. The lowest BCUT2D eigenvalue weighted by molar-refractivity contribution is -0.116. The molecule has 0 atom stereocenters. The van der Waals surface area contributed by atoms with E-state index in [1.165, 1.54) is 21.1 Å². The molecular formula is C12H14O4. The van der Waals surface area contributed by atoms with Gasteiger partial charge in [-0.1, -0.05) is 0 Å². The van der Waals surface area contributed by atoms with Crippen molar-refractivity contribution in [3.63, 3.8) is 0 Å². The van der Waals surface area contributed by atoms with Gasteiger partial charge in [-0.3, -0.25) is 9.59 Å². The third-order valence-corrected chi connectivity index (χ3v) is 2.12. The van der Waals surface area contributed by atoms with Crippen LogP contribution in [0.15, 0.2) is 18.2 Å². The van der Waals surface area contributed by atoms with Gasteiger partial charge in [0.25, 0.3) is 0 Å². The largest absolute Gasteiger partial charge is 0.497 e. The molecule has 0 unspecified atom stereocenters. The third-order valence-electron chi connectivity index (χ3n) is 2.12. The van der Waals surface area contributed by atoms with Crippen molar-refractivity contribution >= 4 is 11.6 Å². The Kier molecular flexibility index (Phi) is 4.05. The summed E-state index contributed by atoms with van der Waals surface area (Å²) >= 11 is 0. The van der Waals surface area contributed by atoms with E-state index >= 15 is 0 Å². The molecule has 0 radical (unpaired) electrons. The van der Waals surface area contributed by atoms with Crippen LogP contribution in [0.2, 0.25) is 0 Å². The Balaban J connectivity index is 3.08. The maximum atomic E-state index is 11.7. The molecule has 0 N–H and O–H groups in total. The molecule has 0 aliphatic rings. The van der Waals surface area contributed by atoms with Gasteiger partial charge >= 0.3 is 0 Å². The fourth-order valence-electron chi connectivity index (χ4n) is 1.35. The molecular weight excluding hydrogens is 208 g/mol. The molecule has 1 aromatic carbocycles. The van der Waals surface area contributed by atoms with Crippen LogP contribution in [0.4, 0.5) is 0 Å². The van der Waals surface area contributed by atoms with E-state index in [9.17, 15) is 9.59 Å². The predicted molar refractivity (Wildman–Crippen MR) is 59.2 cm³/mol. The van der Waals surface area contributed by atoms with Crippen LogP contribution in [-0.2, 0) is 4.79 Å². The molecule has 4 nitrogen and oxygen atoms in total. The van der Waals surface area contributed by atoms with Crippen LogP contribution in [0, 0.1) is 0 Å². The highest BCUT2D eigenvalue weighted by atomic mass is 16.5. The van der Waals surface area contributed by atoms with Gasteiger partial charge < -0.3 is 9.47 Å². The number of benzene rings is 1. The van der Waals surface area contributed by atoms with Gasteiger partial charge in [-0.2, -0.15) is 0 Å². The van der Waals surface area contributed by atoms with Crippen molar-refractivity contribution in [2.75, 3.05) is 14.2 Å². The highest BCUT2D eigenvalue weighted by molar-refractivity contribution is 6.09. The molecule has 0 bridgehead atoms. The molecule has 0 aliphatic heterocycles. The van der Waals surface area contributed by atoms with Crippen LogP contribution in [-0.4, -0.2) is 25.8 Å². The van der Waals surface area contributed by atoms with Crippen molar-refractivity contribution in [1.82, 2.24) is 0 Å². The number of rotatable bonds is 5. The first kappa shape index (κ1) is 12.2. The maximum absolute atomic E-state index is 11.7. The quantitative estimate of drug-likeness (QED) is 0.563. The van der Waals surface area contributed by atoms with Crippen LogP contribution in [0.1, 0.15) is 23.7 Å². The Bertz CT molecular complexity index is 409. The topological polar surface area (TPSA) is 52.6 Å². The highest BCUT2D eigenvalue weighted by Crippen LogP contribution is 2.25. The molecule has 0 aliphatic carbocycles. The summed E-state index contributed by atoms with van der Waals surface area (Å²) in [6, 6.07) is 4.92. The summed E-state index contributed by atoms with van der Waals surface area (Å²) < 4.78 is 10.1. The van der Waals surface area contributed by atoms with Crippen molar-refractivity contribution in [2.45, 2.75) is 13.3 Å². The minimum atomic E-state index is -0.261. The van der Waals surface area contributed by atoms with Crippen molar-refractivity contribution in [2.24, 2.45) is 0 Å². The van der Waals surface area contributed by atoms with Crippen LogP contribution in [0.5, 0.6) is 11.5 Å². The monoisotopic (exact) mass is 222 g/mol. The first-order valence-corrected chi connectivity index (χ1v) is 4.83. The second kappa shape index (κ2) is 5.30. The zero-order chi connectivity index (χ0) is 12.1. The summed E-state index contributed by atoms with van der Waals surface area (Å²) in [6.45, 7) is 1.38. The second-order valence-electron chi connectivity index (χ2n) is 3.37. The lowest BCUT2D eigenvalue weighted by atomic mass is 10.1. The van der Waals surface area contributed by atoms with Gasteiger partial charge in [0.1, 0.15) is 17.3 Å². The minimum Gasteiger partial charge on any atom is -0.497 e. The Morgan fingerprint density at radius 3 is 2.38 bits per heavy atom. The normalized spacial score (nSPS) is 9.69. The first-order valence-electron chi connectivity index (χ1n) is 4.83. The molecule has 0 saturated heterocycles. The average Bonchev–Trinajstić information content (AvgIpc) is 2.27. The molecule has 0 heterocycles. The predicted octanol–water partition coefficient (Wildman–Crippen LogP) is 1.87. The lowest BCUT2D eigenvalue weighted by Gasteiger charge is -2.08. The van der Waals surface area contributed by atoms with Gasteiger partial charge in [-0.25, -0.2) is 0 Å². The van der Waals surface area contributed by atoms with Crippen molar-refractivity contribution < 1.29 is 19.1 Å². The van der Waals surface area contributed by atoms with E-state index in [1.807, 2.05) is 0 Å². The fourth-order valence-corrected chi connectivity index (χ4v) is 1.35. The summed E-state index contributed by atoms with van der Waals surface area (Å²) in [5.41, 5.74) is 0.372. The number of carbonyl (C=O) groups is 2. The number of carbonyl (C=O) groups excluding carboxylic acids is 2. The molecule has 0 saturated carbocycles. The Morgan fingerprint density at radius 2 is 1.88 bits per heavy atom. The minimum absolute atomic E-state index is 0.122. The van der Waals surface area contributed by atoms with Gasteiger partial charge in [0.05, 0.1) is 26.2 Å². The van der Waals surface area contributed by atoms with Gasteiger partial charge in [-0.05, 0) is 25.1 Å². The summed E-state index contributed by atoms with van der Waals surface area (Å²) in [5.74, 6) is 0.581. The molecule has 0 amide bonds. The van der Waals surface area contributed by atoms with Gasteiger partial charge in [0, 0.05) is 0 Å². The maximum Gasteiger partial charge on any atom is 0.174 e. The SMILES string of the molecule is COc1ccc(OC)c(C(=O)CC(C)=O)c1. The van der Waals surface area contributed by atoms with E-state index in [-0.39, 0.29) is 18.0 Å². The summed E-state index contributed by atoms with van der Waals surface area (Å²) in [4.78, 5) is 22.6. The highest BCUT2D eigenvalue weighted by Gasteiger charge is 2.14.